The lowest BCUT2D eigenvalue weighted by atomic mass is 10.2. The molecular weight excluding hydrogens is 218 g/mol. The molecule has 0 fully saturated rings. The maximum Gasteiger partial charge on any atom is 0.119 e. The predicted molar refractivity (Wildman–Crippen MR) is 58.5 cm³/mol. The van der Waals surface area contributed by atoms with E-state index < -0.39 is 0 Å². The minimum absolute atomic E-state index is 0.00173. The minimum atomic E-state index is -0.00173. The van der Waals surface area contributed by atoms with Crippen LogP contribution in [0.2, 0.25) is 5.02 Å². The summed E-state index contributed by atoms with van der Waals surface area (Å²) in [5, 5.41) is 12.2. The molecule has 0 unspecified atom stereocenters. The average molecular weight is 226 g/mol. The van der Waals surface area contributed by atoms with Gasteiger partial charge in [0.05, 0.1) is 12.3 Å². The van der Waals surface area contributed by atoms with Crippen molar-refractivity contribution in [2.24, 2.45) is 0 Å². The molecule has 14 heavy (non-hydrogen) atoms. The lowest BCUT2D eigenvalue weighted by Gasteiger charge is -1.95. The second kappa shape index (κ2) is 4.09. The predicted octanol–water partition coefficient (Wildman–Crippen LogP) is 2.96. The van der Waals surface area contributed by atoms with Gasteiger partial charge in [0.25, 0.3) is 0 Å². The van der Waals surface area contributed by atoms with E-state index in [1.165, 1.54) is 11.3 Å². The Kier molecular flexibility index (Phi) is 2.82. The number of aliphatic hydroxyl groups excluding tert-OH is 1. The van der Waals surface area contributed by atoms with Crippen molar-refractivity contribution in [1.29, 1.82) is 0 Å². The Balaban J connectivity index is 2.34. The third-order valence-corrected chi connectivity index (χ3v) is 2.91. The Labute approximate surface area is 90.8 Å². The molecule has 0 bridgehead atoms. The van der Waals surface area contributed by atoms with Crippen LogP contribution in [-0.2, 0) is 6.61 Å². The second-order valence-electron chi connectivity index (χ2n) is 2.79. The molecule has 0 atom stereocenters. The van der Waals surface area contributed by atoms with Gasteiger partial charge in [0, 0.05) is 16.0 Å². The number of hydrogen-bond donors (Lipinski definition) is 1. The van der Waals surface area contributed by atoms with Gasteiger partial charge < -0.3 is 5.11 Å². The Morgan fingerprint density at radius 1 is 1.29 bits per heavy atom. The highest BCUT2D eigenvalue weighted by atomic mass is 35.5. The van der Waals surface area contributed by atoms with E-state index >= 15 is 0 Å². The van der Waals surface area contributed by atoms with E-state index in [0.717, 1.165) is 16.3 Å². The van der Waals surface area contributed by atoms with Gasteiger partial charge in [0.15, 0.2) is 0 Å². The van der Waals surface area contributed by atoms with Crippen LogP contribution in [0.3, 0.4) is 0 Å². The molecule has 0 spiro atoms. The first-order chi connectivity index (χ1) is 6.79. The molecule has 2 nitrogen and oxygen atoms in total. The monoisotopic (exact) mass is 225 g/mol. The molecule has 2 rings (SSSR count). The van der Waals surface area contributed by atoms with Gasteiger partial charge in [-0.1, -0.05) is 23.7 Å². The van der Waals surface area contributed by atoms with Crippen LogP contribution in [-0.4, -0.2) is 10.1 Å². The van der Waals surface area contributed by atoms with Gasteiger partial charge in [-0.05, 0) is 12.1 Å². The van der Waals surface area contributed by atoms with Crippen molar-refractivity contribution < 1.29 is 5.11 Å². The molecular formula is C10H8ClNOS. The number of hydrogen-bond acceptors (Lipinski definition) is 3. The van der Waals surface area contributed by atoms with E-state index in [-0.39, 0.29) is 6.61 Å². The van der Waals surface area contributed by atoms with Gasteiger partial charge in [-0.25, -0.2) is 4.98 Å². The first kappa shape index (κ1) is 9.65. The fourth-order valence-corrected chi connectivity index (χ4v) is 1.92. The first-order valence-electron chi connectivity index (χ1n) is 4.11. The number of rotatable bonds is 2. The maximum atomic E-state index is 8.87. The molecule has 0 amide bonds. The highest BCUT2D eigenvalue weighted by Gasteiger charge is 2.02. The standard InChI is InChI=1S/C10H8ClNOS/c11-8-3-1-7(2-4-8)9-6-14-10(5-13)12-9/h1-4,6,13H,5H2. The molecule has 1 heterocycles. The lowest BCUT2D eigenvalue weighted by molar-refractivity contribution is 0.281. The summed E-state index contributed by atoms with van der Waals surface area (Å²) in [5.74, 6) is 0. The van der Waals surface area contributed by atoms with E-state index in [4.69, 9.17) is 16.7 Å². The van der Waals surface area contributed by atoms with Crippen LogP contribution in [0.5, 0.6) is 0 Å². The van der Waals surface area contributed by atoms with Crippen LogP contribution >= 0.6 is 22.9 Å². The molecule has 1 aromatic heterocycles. The summed E-state index contributed by atoms with van der Waals surface area (Å²) >= 11 is 7.23. The average Bonchev–Trinajstić information content (AvgIpc) is 2.67. The summed E-state index contributed by atoms with van der Waals surface area (Å²) in [4.78, 5) is 4.25. The summed E-state index contributed by atoms with van der Waals surface area (Å²) in [6, 6.07) is 7.49. The number of aliphatic hydroxyl groups is 1. The highest BCUT2D eigenvalue weighted by Crippen LogP contribution is 2.23. The Bertz CT molecular complexity index is 424. The van der Waals surface area contributed by atoms with Crippen molar-refractivity contribution in [3.05, 3.63) is 39.7 Å². The fourth-order valence-electron chi connectivity index (χ4n) is 1.14. The van der Waals surface area contributed by atoms with Gasteiger partial charge in [-0.3, -0.25) is 0 Å². The summed E-state index contributed by atoms with van der Waals surface area (Å²) < 4.78 is 0. The van der Waals surface area contributed by atoms with Crippen molar-refractivity contribution in [3.63, 3.8) is 0 Å². The van der Waals surface area contributed by atoms with Crippen LogP contribution in [0.25, 0.3) is 11.3 Å². The Morgan fingerprint density at radius 2 is 2.00 bits per heavy atom. The van der Waals surface area contributed by atoms with E-state index in [1.54, 1.807) is 0 Å². The number of aromatic nitrogens is 1. The van der Waals surface area contributed by atoms with E-state index in [2.05, 4.69) is 4.98 Å². The number of thiazole rings is 1. The molecule has 72 valence electrons. The third-order valence-electron chi connectivity index (χ3n) is 1.83. The molecule has 0 aliphatic carbocycles. The lowest BCUT2D eigenvalue weighted by Crippen LogP contribution is -1.81. The smallest absolute Gasteiger partial charge is 0.119 e. The quantitative estimate of drug-likeness (QED) is 0.853. The van der Waals surface area contributed by atoms with Crippen molar-refractivity contribution in [3.8, 4) is 11.3 Å². The zero-order valence-corrected chi connectivity index (χ0v) is 8.85. The van der Waals surface area contributed by atoms with Crippen LogP contribution in [0, 0.1) is 0 Å². The third kappa shape index (κ3) is 1.95. The molecule has 4 heteroatoms. The highest BCUT2D eigenvalue weighted by molar-refractivity contribution is 7.09. The van der Waals surface area contributed by atoms with Gasteiger partial charge in [-0.15, -0.1) is 11.3 Å². The molecule has 2 aromatic rings. The molecule has 0 saturated heterocycles. The van der Waals surface area contributed by atoms with Gasteiger partial charge in [0.2, 0.25) is 0 Å². The van der Waals surface area contributed by atoms with Crippen LogP contribution < -0.4 is 0 Å². The molecule has 0 radical (unpaired) electrons. The molecule has 0 aliphatic heterocycles. The largest absolute Gasteiger partial charge is 0.389 e. The van der Waals surface area contributed by atoms with E-state index in [9.17, 15) is 0 Å². The first-order valence-corrected chi connectivity index (χ1v) is 5.36. The summed E-state index contributed by atoms with van der Waals surface area (Å²) in [6.07, 6.45) is 0. The van der Waals surface area contributed by atoms with Crippen molar-refractivity contribution in [2.45, 2.75) is 6.61 Å². The zero-order valence-electron chi connectivity index (χ0n) is 7.27. The van der Waals surface area contributed by atoms with Crippen LogP contribution in [0.1, 0.15) is 5.01 Å². The van der Waals surface area contributed by atoms with E-state index in [1.807, 2.05) is 29.6 Å². The summed E-state index contributed by atoms with van der Waals surface area (Å²) in [7, 11) is 0. The number of halogens is 1. The molecule has 0 saturated carbocycles. The molecule has 0 aliphatic rings. The zero-order chi connectivity index (χ0) is 9.97. The molecule has 1 aromatic carbocycles. The number of benzene rings is 1. The van der Waals surface area contributed by atoms with E-state index in [0.29, 0.717) is 5.02 Å². The second-order valence-corrected chi connectivity index (χ2v) is 4.17. The topological polar surface area (TPSA) is 33.1 Å². The van der Waals surface area contributed by atoms with Crippen molar-refractivity contribution in [1.82, 2.24) is 4.98 Å². The maximum absolute atomic E-state index is 8.87. The van der Waals surface area contributed by atoms with Crippen LogP contribution in [0.15, 0.2) is 29.6 Å². The number of nitrogens with zero attached hydrogens (tertiary/aromatic N) is 1. The van der Waals surface area contributed by atoms with Gasteiger partial charge in [-0.2, -0.15) is 0 Å². The van der Waals surface area contributed by atoms with Crippen molar-refractivity contribution >= 4 is 22.9 Å². The minimum Gasteiger partial charge on any atom is -0.389 e. The van der Waals surface area contributed by atoms with Crippen molar-refractivity contribution in [2.75, 3.05) is 0 Å². The normalized spacial score (nSPS) is 10.4. The molecule has 1 N–H and O–H groups in total. The Hall–Kier alpha value is -0.900. The summed E-state index contributed by atoms with van der Waals surface area (Å²) in [6.45, 7) is -0.00173. The fraction of sp³-hybridized carbons (Fsp3) is 0.100. The summed E-state index contributed by atoms with van der Waals surface area (Å²) in [5.41, 5.74) is 1.90. The SMILES string of the molecule is OCc1nc(-c2ccc(Cl)cc2)cs1. The van der Waals surface area contributed by atoms with Crippen LogP contribution in [0.4, 0.5) is 0 Å². The van der Waals surface area contributed by atoms with Gasteiger partial charge in [0.1, 0.15) is 5.01 Å². The van der Waals surface area contributed by atoms with Gasteiger partial charge >= 0.3 is 0 Å². The Morgan fingerprint density at radius 3 is 2.57 bits per heavy atom.